The number of aliphatic hydroxyl groups is 5. The molecule has 0 aliphatic carbocycles. The van der Waals surface area contributed by atoms with Gasteiger partial charge in [-0.3, -0.25) is 0 Å². The van der Waals surface area contributed by atoms with Crippen molar-refractivity contribution in [2.45, 2.75) is 42.7 Å². The molecule has 6 unspecified atom stereocenters. The van der Waals surface area contributed by atoms with E-state index in [1.165, 1.54) is 0 Å². The number of carbonyl (C=O) groups is 1. The Morgan fingerprint density at radius 2 is 2.00 bits per heavy atom. The van der Waals surface area contributed by atoms with E-state index in [0.717, 1.165) is 0 Å². The molecule has 1 aliphatic rings. The molecule has 1 fully saturated rings. The van der Waals surface area contributed by atoms with Crippen LogP contribution in [0.25, 0.3) is 5.73 Å². The van der Waals surface area contributed by atoms with Crippen molar-refractivity contribution in [2.75, 3.05) is 6.61 Å². The Labute approximate surface area is 144 Å². The van der Waals surface area contributed by atoms with Gasteiger partial charge >= 0.3 is 5.97 Å². The van der Waals surface area contributed by atoms with Gasteiger partial charge in [0.15, 0.2) is 0 Å². The molecule has 109 valence electrons. The number of nitrogens with one attached hydrogen (secondary N) is 1. The van der Waals surface area contributed by atoms with Crippen molar-refractivity contribution in [3.63, 3.8) is 0 Å². The summed E-state index contributed by atoms with van der Waals surface area (Å²) in [6.07, 6.45) is -7.40. The number of carboxylic acids is 1. The van der Waals surface area contributed by atoms with Crippen LogP contribution >= 0.6 is 0 Å². The van der Waals surface area contributed by atoms with Gasteiger partial charge in [-0.25, -0.2) is 4.79 Å². The maximum atomic E-state index is 10.8. The van der Waals surface area contributed by atoms with Crippen LogP contribution in [0.3, 0.4) is 0 Å². The molecule has 10 heteroatoms. The largest absolute Gasteiger partial charge is 0.670 e. The monoisotopic (exact) mass is 493 g/mol. The summed E-state index contributed by atoms with van der Waals surface area (Å²) in [7, 11) is 0. The van der Waals surface area contributed by atoms with Crippen LogP contribution in [0.2, 0.25) is 0 Å². The number of hydrogen-bond donors (Lipinski definition) is 6. The molecule has 0 spiro atoms. The summed E-state index contributed by atoms with van der Waals surface area (Å²) in [5, 5.41) is 55.3. The number of aliphatic hydroxyl groups excluding tert-OH is 4. The zero-order valence-corrected chi connectivity index (χ0v) is 14.6. The third-order valence-electron chi connectivity index (χ3n) is 2.84. The molecule has 0 aromatic heterocycles. The summed E-state index contributed by atoms with van der Waals surface area (Å²) < 4.78 is 4.69. The summed E-state index contributed by atoms with van der Waals surface area (Å²) in [6, 6.07) is -1.46. The van der Waals surface area contributed by atoms with Crippen LogP contribution in [-0.2, 0) is 9.53 Å². The number of hydrogen-bond acceptors (Lipinski definition) is 7. The number of rotatable bonds is 4. The van der Waals surface area contributed by atoms with Gasteiger partial charge in [0.2, 0.25) is 0 Å². The molecular weight excluding hydrogens is 477 g/mol. The summed E-state index contributed by atoms with van der Waals surface area (Å²) in [5.74, 6) is -4.51. The fourth-order valence-corrected chi connectivity index (χ4v) is 1.72. The van der Waals surface area contributed by atoms with Gasteiger partial charge < -0.3 is 41.1 Å². The van der Waals surface area contributed by atoms with Gasteiger partial charge in [-0.1, -0.05) is 6.04 Å². The molecule has 7 N–H and O–H groups in total. The van der Waals surface area contributed by atoms with Gasteiger partial charge in [-0.05, 0) is 0 Å². The van der Waals surface area contributed by atoms with Crippen molar-refractivity contribution in [2.24, 2.45) is 0 Å². The first-order valence-corrected chi connectivity index (χ1v) is 5.22. The molecule has 1 aliphatic heterocycles. The fraction of sp³-hybridized carbons (Fsp3) is 0.889. The van der Waals surface area contributed by atoms with Crippen LogP contribution in [0.15, 0.2) is 0 Å². The van der Waals surface area contributed by atoms with Crippen LogP contribution in [-0.4, -0.2) is 79.5 Å². The third-order valence-corrected chi connectivity index (χ3v) is 2.84. The molecule has 0 amide bonds. The van der Waals surface area contributed by atoms with Crippen LogP contribution in [0.1, 0.15) is 6.42 Å². The first kappa shape index (κ1) is 19.6. The Morgan fingerprint density at radius 1 is 1.47 bits per heavy atom. The summed E-state index contributed by atoms with van der Waals surface area (Å²) in [4.78, 5) is 10.8. The summed E-state index contributed by atoms with van der Waals surface area (Å²) in [6.45, 7) is -0.838. The van der Waals surface area contributed by atoms with Crippen LogP contribution in [0, 0.1) is 44.1 Å². The molecule has 1 rings (SSSR count). The van der Waals surface area contributed by atoms with E-state index in [2.05, 4.69) is 0 Å². The average molecular weight is 493 g/mol. The van der Waals surface area contributed by atoms with Crippen LogP contribution < -0.4 is 0 Å². The van der Waals surface area contributed by atoms with Gasteiger partial charge in [-0.2, -0.15) is 0 Å². The average Bonchev–Trinajstić information content (AvgIpc) is 2.31. The third kappa shape index (κ3) is 4.30. The van der Waals surface area contributed by atoms with Crippen LogP contribution in [0.5, 0.6) is 0 Å². The Bertz CT molecular complexity index is 319. The van der Waals surface area contributed by atoms with E-state index in [4.69, 9.17) is 20.7 Å². The first-order valence-electron chi connectivity index (χ1n) is 5.22. The van der Waals surface area contributed by atoms with Gasteiger partial charge in [0.25, 0.3) is 5.79 Å². The second-order valence-corrected chi connectivity index (χ2v) is 4.21. The molecule has 0 aromatic rings. The Morgan fingerprint density at radius 3 is 2.42 bits per heavy atom. The van der Waals surface area contributed by atoms with Gasteiger partial charge in [0, 0.05) is 56.6 Å². The normalized spacial score (nSPS) is 38.1. The van der Waals surface area contributed by atoms with E-state index in [0.29, 0.717) is 0 Å². The van der Waals surface area contributed by atoms with E-state index in [1.807, 2.05) is 0 Å². The minimum atomic E-state index is -2.74. The van der Waals surface area contributed by atoms with Crippen molar-refractivity contribution in [1.29, 1.82) is 0 Å². The van der Waals surface area contributed by atoms with Crippen molar-refractivity contribution in [1.82, 2.24) is 0 Å². The molecule has 0 aromatic carbocycles. The topological polar surface area (TPSA) is 171 Å². The van der Waals surface area contributed by atoms with E-state index >= 15 is 0 Å². The molecule has 0 saturated carbocycles. The van der Waals surface area contributed by atoms with Crippen molar-refractivity contribution in [3.8, 4) is 0 Å². The molecular formula is C9H16AcNO8-. The van der Waals surface area contributed by atoms with Crippen molar-refractivity contribution < 1.29 is 84.2 Å². The molecule has 1 saturated heterocycles. The second-order valence-electron chi connectivity index (χ2n) is 4.21. The molecule has 1 heterocycles. The number of ether oxygens (including phenoxy) is 1. The Balaban J connectivity index is 0.00000324. The SMILES string of the molecule is [Ac].[NH-]C1C(O)CC(O)(C(=O)O)OC1C(O)C(O)CO. The van der Waals surface area contributed by atoms with Gasteiger partial charge in [-0.15, -0.1) is 0 Å². The predicted molar refractivity (Wildman–Crippen MR) is 55.3 cm³/mol. The Hall–Kier alpha value is 0.632. The molecule has 9 nitrogen and oxygen atoms in total. The van der Waals surface area contributed by atoms with E-state index in [1.54, 1.807) is 0 Å². The zero-order valence-electron chi connectivity index (χ0n) is 9.88. The molecule has 19 heavy (non-hydrogen) atoms. The predicted octanol–water partition coefficient (Wildman–Crippen LogP) is -2.96. The molecule has 0 bridgehead atoms. The first-order chi connectivity index (χ1) is 8.23. The zero-order chi connectivity index (χ0) is 14.1. The minimum absolute atomic E-state index is 0. The fourth-order valence-electron chi connectivity index (χ4n) is 1.72. The maximum Gasteiger partial charge on any atom is 0.364 e. The Kier molecular flexibility index (Phi) is 7.84. The van der Waals surface area contributed by atoms with E-state index < -0.39 is 55.2 Å². The van der Waals surface area contributed by atoms with E-state index in [-0.39, 0.29) is 44.1 Å². The van der Waals surface area contributed by atoms with Gasteiger partial charge in [0.1, 0.15) is 12.2 Å². The smallest absolute Gasteiger partial charge is 0.364 e. The van der Waals surface area contributed by atoms with Gasteiger partial charge in [0.05, 0.1) is 12.7 Å². The molecule has 6 atom stereocenters. The molecule has 1 radical (unpaired) electrons. The number of aliphatic carboxylic acids is 1. The second kappa shape index (κ2) is 7.59. The standard InChI is InChI=1S/C9H16NO8.Ac/c10-5-3(12)1-9(17,8(15)16)18-7(5)6(14)4(13)2-11;/h3-7,10-14,17H,1-2H2,(H,15,16);/q-1;. The minimum Gasteiger partial charge on any atom is -0.670 e. The maximum absolute atomic E-state index is 10.8. The van der Waals surface area contributed by atoms with Crippen LogP contribution in [0.4, 0.5) is 0 Å². The van der Waals surface area contributed by atoms with E-state index in [9.17, 15) is 25.2 Å². The summed E-state index contributed by atoms with van der Waals surface area (Å²) >= 11 is 0. The number of carboxylic acid groups (broad SMARTS) is 1. The summed E-state index contributed by atoms with van der Waals surface area (Å²) in [5.41, 5.74) is 7.52. The van der Waals surface area contributed by atoms with Crippen molar-refractivity contribution in [3.05, 3.63) is 5.73 Å². The van der Waals surface area contributed by atoms with Crippen molar-refractivity contribution >= 4 is 5.97 Å². The quantitative estimate of drug-likeness (QED) is 0.241.